The van der Waals surface area contributed by atoms with Crippen molar-refractivity contribution in [2.75, 3.05) is 0 Å². The highest BCUT2D eigenvalue weighted by Crippen LogP contribution is 2.34. The van der Waals surface area contributed by atoms with Gasteiger partial charge in [0.25, 0.3) is 0 Å². The van der Waals surface area contributed by atoms with Crippen molar-refractivity contribution in [2.45, 2.75) is 5.38 Å². The second-order valence-corrected chi connectivity index (χ2v) is 6.20. The minimum atomic E-state index is -0.297. The first-order valence-corrected chi connectivity index (χ1v) is 7.85. The van der Waals surface area contributed by atoms with E-state index in [1.54, 1.807) is 0 Å². The van der Waals surface area contributed by atoms with Crippen LogP contribution in [0.3, 0.4) is 0 Å². The SMILES string of the molecule is ClC(c1ccc2[nH]c3ccccc3c2c1)c1ccc(Br)o1. The van der Waals surface area contributed by atoms with Crippen LogP contribution in [0.4, 0.5) is 0 Å². The first kappa shape index (κ1) is 13.0. The molecule has 0 aliphatic heterocycles. The Hall–Kier alpha value is -1.71. The quantitative estimate of drug-likeness (QED) is 0.436. The third-order valence-electron chi connectivity index (χ3n) is 3.67. The van der Waals surface area contributed by atoms with Gasteiger partial charge < -0.3 is 9.40 Å². The highest BCUT2D eigenvalue weighted by molar-refractivity contribution is 9.10. The number of aromatic amines is 1. The Bertz CT molecular complexity index is 940. The average molecular weight is 361 g/mol. The summed E-state index contributed by atoms with van der Waals surface area (Å²) in [6.07, 6.45) is 0. The predicted octanol–water partition coefficient (Wildman–Crippen LogP) is 6.00. The average Bonchev–Trinajstić information content (AvgIpc) is 3.09. The van der Waals surface area contributed by atoms with Crippen LogP contribution >= 0.6 is 27.5 Å². The van der Waals surface area contributed by atoms with Crippen molar-refractivity contribution in [1.82, 2.24) is 4.98 Å². The first-order valence-electron chi connectivity index (χ1n) is 6.62. The minimum Gasteiger partial charge on any atom is -0.452 e. The van der Waals surface area contributed by atoms with Gasteiger partial charge in [-0.05, 0) is 51.8 Å². The van der Waals surface area contributed by atoms with Gasteiger partial charge in [-0.15, -0.1) is 11.6 Å². The highest BCUT2D eigenvalue weighted by Gasteiger charge is 2.16. The maximum atomic E-state index is 6.54. The molecule has 0 amide bonds. The first-order chi connectivity index (χ1) is 10.2. The van der Waals surface area contributed by atoms with Gasteiger partial charge in [0.05, 0.1) is 0 Å². The smallest absolute Gasteiger partial charge is 0.169 e. The molecular formula is C17H11BrClNO. The molecule has 0 fully saturated rings. The van der Waals surface area contributed by atoms with Crippen molar-refractivity contribution in [3.05, 3.63) is 70.6 Å². The fourth-order valence-electron chi connectivity index (χ4n) is 2.65. The van der Waals surface area contributed by atoms with Gasteiger partial charge >= 0.3 is 0 Å². The monoisotopic (exact) mass is 359 g/mol. The molecule has 2 heterocycles. The molecule has 0 radical (unpaired) electrons. The predicted molar refractivity (Wildman–Crippen MR) is 89.9 cm³/mol. The number of rotatable bonds is 2. The van der Waals surface area contributed by atoms with E-state index in [0.717, 1.165) is 22.4 Å². The number of halogens is 2. The van der Waals surface area contributed by atoms with E-state index in [-0.39, 0.29) is 5.38 Å². The van der Waals surface area contributed by atoms with Crippen LogP contribution in [0, 0.1) is 0 Å². The van der Waals surface area contributed by atoms with Gasteiger partial charge in [0.15, 0.2) is 4.67 Å². The Morgan fingerprint density at radius 1 is 0.952 bits per heavy atom. The Labute approximate surface area is 134 Å². The van der Waals surface area contributed by atoms with E-state index in [4.69, 9.17) is 16.0 Å². The number of nitrogens with one attached hydrogen (secondary N) is 1. The highest BCUT2D eigenvalue weighted by atomic mass is 79.9. The zero-order valence-corrected chi connectivity index (χ0v) is 13.3. The van der Waals surface area contributed by atoms with Crippen LogP contribution in [-0.4, -0.2) is 4.98 Å². The summed E-state index contributed by atoms with van der Waals surface area (Å²) in [5.41, 5.74) is 3.27. The van der Waals surface area contributed by atoms with Gasteiger partial charge in [0, 0.05) is 21.8 Å². The van der Waals surface area contributed by atoms with Crippen molar-refractivity contribution in [1.29, 1.82) is 0 Å². The molecule has 0 bridgehead atoms. The fourth-order valence-corrected chi connectivity index (χ4v) is 3.22. The van der Waals surface area contributed by atoms with Gasteiger partial charge in [-0.25, -0.2) is 0 Å². The van der Waals surface area contributed by atoms with Crippen LogP contribution in [0.25, 0.3) is 21.8 Å². The summed E-state index contributed by atoms with van der Waals surface area (Å²) in [6.45, 7) is 0. The van der Waals surface area contributed by atoms with Crippen molar-refractivity contribution < 1.29 is 4.42 Å². The van der Waals surface area contributed by atoms with Gasteiger partial charge in [0.1, 0.15) is 11.1 Å². The van der Waals surface area contributed by atoms with E-state index in [2.05, 4.69) is 45.2 Å². The maximum absolute atomic E-state index is 6.54. The molecule has 0 spiro atoms. The van der Waals surface area contributed by atoms with Crippen molar-refractivity contribution >= 4 is 49.3 Å². The van der Waals surface area contributed by atoms with Crippen molar-refractivity contribution in [2.24, 2.45) is 0 Å². The number of furan rings is 1. The zero-order chi connectivity index (χ0) is 14.4. The zero-order valence-electron chi connectivity index (χ0n) is 10.9. The molecule has 0 aliphatic rings. The Kier molecular flexibility index (Phi) is 3.05. The van der Waals surface area contributed by atoms with Gasteiger partial charge in [0.2, 0.25) is 0 Å². The Morgan fingerprint density at radius 3 is 2.57 bits per heavy atom. The second-order valence-electron chi connectivity index (χ2n) is 4.98. The summed E-state index contributed by atoms with van der Waals surface area (Å²) in [6, 6.07) is 18.2. The van der Waals surface area contributed by atoms with E-state index in [0.29, 0.717) is 4.67 Å². The lowest BCUT2D eigenvalue weighted by molar-refractivity contribution is 0.494. The van der Waals surface area contributed by atoms with Crippen molar-refractivity contribution in [3.63, 3.8) is 0 Å². The van der Waals surface area contributed by atoms with E-state index in [1.807, 2.05) is 30.3 Å². The molecule has 1 atom stereocenters. The molecular weight excluding hydrogens is 350 g/mol. The molecule has 21 heavy (non-hydrogen) atoms. The number of aromatic nitrogens is 1. The maximum Gasteiger partial charge on any atom is 0.169 e. The molecule has 0 saturated heterocycles. The largest absolute Gasteiger partial charge is 0.452 e. The van der Waals surface area contributed by atoms with Crippen molar-refractivity contribution in [3.8, 4) is 0 Å². The van der Waals surface area contributed by atoms with Crippen LogP contribution < -0.4 is 0 Å². The summed E-state index contributed by atoms with van der Waals surface area (Å²) in [5.74, 6) is 0.739. The Balaban J connectivity index is 1.88. The molecule has 4 heteroatoms. The van der Waals surface area contributed by atoms with E-state index < -0.39 is 0 Å². The lowest BCUT2D eigenvalue weighted by Crippen LogP contribution is -1.90. The second kappa shape index (κ2) is 4.93. The summed E-state index contributed by atoms with van der Waals surface area (Å²) in [4.78, 5) is 3.41. The molecule has 1 N–H and O–H groups in total. The number of hydrogen-bond acceptors (Lipinski definition) is 1. The number of fused-ring (bicyclic) bond motifs is 3. The molecule has 2 nitrogen and oxygen atoms in total. The molecule has 0 saturated carbocycles. The molecule has 2 aromatic heterocycles. The van der Waals surface area contributed by atoms with E-state index in [9.17, 15) is 0 Å². The molecule has 1 unspecified atom stereocenters. The van der Waals surface area contributed by atoms with Crippen LogP contribution in [0.15, 0.2) is 63.7 Å². The molecule has 0 aliphatic carbocycles. The minimum absolute atomic E-state index is 0.297. The number of alkyl halides is 1. The van der Waals surface area contributed by atoms with Crippen LogP contribution in [0.2, 0.25) is 0 Å². The molecule has 104 valence electrons. The molecule has 4 rings (SSSR count). The van der Waals surface area contributed by atoms with Crippen LogP contribution in [-0.2, 0) is 0 Å². The summed E-state index contributed by atoms with van der Waals surface area (Å²) in [5, 5.41) is 2.09. The summed E-state index contributed by atoms with van der Waals surface area (Å²) >= 11 is 9.85. The standard InChI is InChI=1S/C17H11BrClNO/c18-16-8-7-15(21-16)17(19)10-5-6-14-12(9-10)11-3-1-2-4-13(11)20-14/h1-9,17,20H. The fraction of sp³-hybridized carbons (Fsp3) is 0.0588. The third kappa shape index (κ3) is 2.17. The van der Waals surface area contributed by atoms with Gasteiger partial charge in [-0.3, -0.25) is 0 Å². The number of hydrogen-bond donors (Lipinski definition) is 1. The summed E-state index contributed by atoms with van der Waals surface area (Å²) < 4.78 is 6.25. The number of benzene rings is 2. The van der Waals surface area contributed by atoms with Gasteiger partial charge in [-0.2, -0.15) is 0 Å². The Morgan fingerprint density at radius 2 is 1.76 bits per heavy atom. The molecule has 2 aromatic carbocycles. The number of para-hydroxylation sites is 1. The van der Waals surface area contributed by atoms with Crippen LogP contribution in [0.5, 0.6) is 0 Å². The number of H-pyrrole nitrogens is 1. The lowest BCUT2D eigenvalue weighted by Gasteiger charge is -2.07. The third-order valence-corrected chi connectivity index (χ3v) is 4.56. The van der Waals surface area contributed by atoms with Gasteiger partial charge in [-0.1, -0.05) is 24.3 Å². The lowest BCUT2D eigenvalue weighted by atomic mass is 10.1. The topological polar surface area (TPSA) is 28.9 Å². The summed E-state index contributed by atoms with van der Waals surface area (Å²) in [7, 11) is 0. The van der Waals surface area contributed by atoms with Crippen LogP contribution in [0.1, 0.15) is 16.7 Å². The normalized spacial score (nSPS) is 13.0. The van der Waals surface area contributed by atoms with E-state index in [1.165, 1.54) is 10.8 Å². The van der Waals surface area contributed by atoms with E-state index >= 15 is 0 Å². The molecule has 4 aromatic rings.